The monoisotopic (exact) mass is 282 g/mol. The Morgan fingerprint density at radius 2 is 2.22 bits per heavy atom. The summed E-state index contributed by atoms with van der Waals surface area (Å²) in [5.41, 5.74) is 7.35. The van der Waals surface area contributed by atoms with Crippen molar-refractivity contribution in [1.82, 2.24) is 9.97 Å². The maximum atomic E-state index is 6.04. The third-order valence-corrected chi connectivity index (χ3v) is 3.73. The second-order valence-electron chi connectivity index (χ2n) is 3.91. The zero-order valence-corrected chi connectivity index (χ0v) is 11.9. The molecule has 0 aliphatic rings. The van der Waals surface area contributed by atoms with E-state index in [0.29, 0.717) is 11.5 Å². The number of hydrogen-bond donors (Lipinski definition) is 1. The van der Waals surface area contributed by atoms with E-state index in [4.69, 9.17) is 17.3 Å². The maximum absolute atomic E-state index is 6.04. The first-order valence-corrected chi connectivity index (χ1v) is 6.94. The Balaban J connectivity index is 2.32. The van der Waals surface area contributed by atoms with Gasteiger partial charge < -0.3 is 10.6 Å². The number of halogens is 1. The molecule has 0 fully saturated rings. The van der Waals surface area contributed by atoms with Crippen LogP contribution in [-0.4, -0.2) is 16.5 Å². The minimum atomic E-state index is 0.237. The number of hydrogen-bond acceptors (Lipinski definition) is 5. The van der Waals surface area contributed by atoms with Crippen LogP contribution in [0.3, 0.4) is 0 Å². The Labute approximate surface area is 115 Å². The predicted octanol–water partition coefficient (Wildman–Crippen LogP) is 3.11. The van der Waals surface area contributed by atoms with Crippen LogP contribution < -0.4 is 10.6 Å². The summed E-state index contributed by atoms with van der Waals surface area (Å²) in [6, 6.07) is 4.13. The summed E-state index contributed by atoms with van der Waals surface area (Å²) in [6.07, 6.45) is 0. The number of aryl methyl sites for hydroxylation is 1. The molecule has 0 aliphatic heterocycles. The van der Waals surface area contributed by atoms with Crippen LogP contribution >= 0.6 is 22.9 Å². The van der Waals surface area contributed by atoms with Crippen molar-refractivity contribution in [3.8, 4) is 0 Å². The predicted molar refractivity (Wildman–Crippen MR) is 77.2 cm³/mol. The molecule has 0 saturated heterocycles. The van der Waals surface area contributed by atoms with E-state index in [1.54, 1.807) is 11.3 Å². The van der Waals surface area contributed by atoms with Crippen molar-refractivity contribution in [3.05, 3.63) is 33.4 Å². The molecular formula is C12H15ClN4S. The molecule has 0 aliphatic carbocycles. The fourth-order valence-corrected chi connectivity index (χ4v) is 2.63. The standard InChI is InChI=1S/C12H15ClN4S/c1-3-17(7-9-5-4-6-18-9)11-10(14)8(2)15-12(13)16-11/h4-6H,3,7,14H2,1-2H3. The molecule has 0 atom stereocenters. The number of thiophene rings is 1. The highest BCUT2D eigenvalue weighted by Gasteiger charge is 2.14. The number of rotatable bonds is 4. The lowest BCUT2D eigenvalue weighted by Gasteiger charge is -2.23. The topological polar surface area (TPSA) is 55.0 Å². The van der Waals surface area contributed by atoms with Gasteiger partial charge in [-0.25, -0.2) is 4.98 Å². The maximum Gasteiger partial charge on any atom is 0.224 e. The van der Waals surface area contributed by atoms with Gasteiger partial charge in [-0.05, 0) is 36.9 Å². The SMILES string of the molecule is CCN(Cc1cccs1)c1nc(Cl)nc(C)c1N. The molecule has 0 bridgehead atoms. The molecule has 2 N–H and O–H groups in total. The average Bonchev–Trinajstić information content (AvgIpc) is 2.84. The molecule has 0 saturated carbocycles. The van der Waals surface area contributed by atoms with Gasteiger partial charge in [-0.1, -0.05) is 6.07 Å². The van der Waals surface area contributed by atoms with Crippen LogP contribution in [0.5, 0.6) is 0 Å². The Bertz CT molecular complexity index is 527. The summed E-state index contributed by atoms with van der Waals surface area (Å²) < 4.78 is 0. The van der Waals surface area contributed by atoms with E-state index in [2.05, 4.69) is 33.2 Å². The molecule has 2 heterocycles. The molecule has 6 heteroatoms. The molecule has 0 spiro atoms. The second-order valence-corrected chi connectivity index (χ2v) is 5.28. The molecule has 0 unspecified atom stereocenters. The molecule has 2 rings (SSSR count). The zero-order chi connectivity index (χ0) is 13.1. The minimum absolute atomic E-state index is 0.237. The highest BCUT2D eigenvalue weighted by molar-refractivity contribution is 7.09. The average molecular weight is 283 g/mol. The largest absolute Gasteiger partial charge is 0.394 e. The summed E-state index contributed by atoms with van der Waals surface area (Å²) in [4.78, 5) is 11.7. The van der Waals surface area contributed by atoms with Crippen LogP contribution in [0.2, 0.25) is 5.28 Å². The molecule has 18 heavy (non-hydrogen) atoms. The van der Waals surface area contributed by atoms with Crippen molar-refractivity contribution in [1.29, 1.82) is 0 Å². The van der Waals surface area contributed by atoms with Crippen LogP contribution in [0.1, 0.15) is 17.5 Å². The summed E-state index contributed by atoms with van der Waals surface area (Å²) in [7, 11) is 0. The Kier molecular flexibility index (Phi) is 4.04. The number of aromatic nitrogens is 2. The van der Waals surface area contributed by atoms with Crippen molar-refractivity contribution >= 4 is 34.4 Å². The lowest BCUT2D eigenvalue weighted by atomic mass is 10.3. The van der Waals surface area contributed by atoms with Gasteiger partial charge in [0.15, 0.2) is 5.82 Å². The molecule has 2 aromatic rings. The van der Waals surface area contributed by atoms with Crippen LogP contribution in [0, 0.1) is 6.92 Å². The first-order valence-electron chi connectivity index (χ1n) is 5.68. The van der Waals surface area contributed by atoms with Crippen molar-refractivity contribution in [2.45, 2.75) is 20.4 Å². The van der Waals surface area contributed by atoms with Crippen LogP contribution in [0.4, 0.5) is 11.5 Å². The first-order chi connectivity index (χ1) is 8.61. The molecule has 0 amide bonds. The van der Waals surface area contributed by atoms with Crippen molar-refractivity contribution in [2.75, 3.05) is 17.2 Å². The zero-order valence-electron chi connectivity index (χ0n) is 10.4. The van der Waals surface area contributed by atoms with E-state index in [0.717, 1.165) is 18.8 Å². The highest BCUT2D eigenvalue weighted by Crippen LogP contribution is 2.26. The van der Waals surface area contributed by atoms with Crippen LogP contribution in [-0.2, 0) is 6.54 Å². The molecule has 96 valence electrons. The normalized spacial score (nSPS) is 10.6. The number of anilines is 2. The number of nitrogens with zero attached hydrogens (tertiary/aromatic N) is 3. The van der Waals surface area contributed by atoms with Crippen LogP contribution in [0.25, 0.3) is 0 Å². The third kappa shape index (κ3) is 2.73. The minimum Gasteiger partial charge on any atom is -0.394 e. The lowest BCUT2D eigenvalue weighted by Crippen LogP contribution is -2.24. The van der Waals surface area contributed by atoms with E-state index in [9.17, 15) is 0 Å². The summed E-state index contributed by atoms with van der Waals surface area (Å²) >= 11 is 7.62. The van der Waals surface area contributed by atoms with Crippen molar-refractivity contribution in [3.63, 3.8) is 0 Å². The quantitative estimate of drug-likeness (QED) is 0.876. The van der Waals surface area contributed by atoms with Crippen molar-refractivity contribution < 1.29 is 0 Å². The van der Waals surface area contributed by atoms with Gasteiger partial charge in [0, 0.05) is 11.4 Å². The molecule has 0 aromatic carbocycles. The van der Waals surface area contributed by atoms with E-state index < -0.39 is 0 Å². The number of nitrogens with two attached hydrogens (primary N) is 1. The first kappa shape index (κ1) is 13.1. The fraction of sp³-hybridized carbons (Fsp3) is 0.333. The summed E-state index contributed by atoms with van der Waals surface area (Å²) in [5.74, 6) is 0.711. The van der Waals surface area contributed by atoms with E-state index in [-0.39, 0.29) is 5.28 Å². The van der Waals surface area contributed by atoms with Crippen LogP contribution in [0.15, 0.2) is 17.5 Å². The van der Waals surface area contributed by atoms with Gasteiger partial charge in [0.2, 0.25) is 5.28 Å². The third-order valence-electron chi connectivity index (χ3n) is 2.70. The fourth-order valence-electron chi connectivity index (χ4n) is 1.70. The van der Waals surface area contributed by atoms with Gasteiger partial charge in [0.25, 0.3) is 0 Å². The van der Waals surface area contributed by atoms with Gasteiger partial charge in [0.1, 0.15) is 0 Å². The molecular weight excluding hydrogens is 268 g/mol. The number of nitrogen functional groups attached to an aromatic ring is 1. The summed E-state index contributed by atoms with van der Waals surface area (Å²) in [6.45, 7) is 5.50. The Morgan fingerprint density at radius 1 is 1.44 bits per heavy atom. The Hall–Kier alpha value is -1.33. The van der Waals surface area contributed by atoms with Gasteiger partial charge in [-0.2, -0.15) is 4.98 Å². The van der Waals surface area contributed by atoms with Gasteiger partial charge >= 0.3 is 0 Å². The molecule has 2 aromatic heterocycles. The molecule has 0 radical (unpaired) electrons. The van der Waals surface area contributed by atoms with Gasteiger partial charge in [-0.3, -0.25) is 0 Å². The van der Waals surface area contributed by atoms with Gasteiger partial charge in [0.05, 0.1) is 17.9 Å². The van der Waals surface area contributed by atoms with E-state index in [1.807, 2.05) is 13.0 Å². The smallest absolute Gasteiger partial charge is 0.224 e. The molecule has 4 nitrogen and oxygen atoms in total. The summed E-state index contributed by atoms with van der Waals surface area (Å²) in [5, 5.41) is 2.30. The van der Waals surface area contributed by atoms with Crippen molar-refractivity contribution in [2.24, 2.45) is 0 Å². The highest BCUT2D eigenvalue weighted by atomic mass is 35.5. The van der Waals surface area contributed by atoms with E-state index in [1.165, 1.54) is 4.88 Å². The lowest BCUT2D eigenvalue weighted by molar-refractivity contribution is 0.819. The van der Waals surface area contributed by atoms with E-state index >= 15 is 0 Å². The second kappa shape index (κ2) is 5.54. The van der Waals surface area contributed by atoms with Gasteiger partial charge in [-0.15, -0.1) is 11.3 Å². The Morgan fingerprint density at radius 3 is 2.83 bits per heavy atom.